The van der Waals surface area contributed by atoms with Gasteiger partial charge in [-0.05, 0) is 30.7 Å². The van der Waals surface area contributed by atoms with Crippen LogP contribution in [0.4, 0.5) is 4.39 Å². The van der Waals surface area contributed by atoms with Gasteiger partial charge in [0.15, 0.2) is 0 Å². The molecule has 0 saturated heterocycles. The summed E-state index contributed by atoms with van der Waals surface area (Å²) in [5.74, 6) is 0.241. The maximum Gasteiger partial charge on any atom is 0.121 e. The third kappa shape index (κ3) is 3.73. The molecule has 0 aliphatic rings. The van der Waals surface area contributed by atoms with E-state index in [0.717, 1.165) is 5.75 Å². The summed E-state index contributed by atoms with van der Waals surface area (Å²) in [5, 5.41) is 0. The summed E-state index contributed by atoms with van der Waals surface area (Å²) < 4.78 is 18.3. The monoisotopic (exact) mass is 218 g/mol. The van der Waals surface area contributed by atoms with Gasteiger partial charge in [-0.2, -0.15) is 0 Å². The summed E-state index contributed by atoms with van der Waals surface area (Å²) in [6, 6.07) is 9.37. The van der Waals surface area contributed by atoms with E-state index in [9.17, 15) is 4.39 Å². The molecule has 1 nitrogen and oxygen atoms in total. The number of benzene rings is 1. The Labute approximate surface area is 95.6 Å². The van der Waals surface area contributed by atoms with Gasteiger partial charge in [-0.15, -0.1) is 0 Å². The molecule has 0 bridgehead atoms. The van der Waals surface area contributed by atoms with Crippen LogP contribution in [0.2, 0.25) is 0 Å². The van der Waals surface area contributed by atoms with Crippen molar-refractivity contribution in [2.24, 2.45) is 0 Å². The molecule has 1 atom stereocenters. The summed E-state index contributed by atoms with van der Waals surface area (Å²) in [7, 11) is 0. The van der Waals surface area contributed by atoms with Gasteiger partial charge in [-0.3, -0.25) is 0 Å². The zero-order valence-electron chi connectivity index (χ0n) is 9.32. The van der Waals surface area contributed by atoms with Gasteiger partial charge in [-0.25, -0.2) is 4.39 Å². The van der Waals surface area contributed by atoms with Crippen LogP contribution in [-0.4, -0.2) is 6.10 Å². The lowest BCUT2D eigenvalue weighted by atomic mass is 10.1. The van der Waals surface area contributed by atoms with Crippen molar-refractivity contribution in [1.29, 1.82) is 0 Å². The maximum atomic E-state index is 12.7. The first-order valence-electron chi connectivity index (χ1n) is 5.03. The molecule has 16 heavy (non-hydrogen) atoms. The van der Waals surface area contributed by atoms with Crippen molar-refractivity contribution in [2.75, 3.05) is 0 Å². The van der Waals surface area contributed by atoms with Crippen molar-refractivity contribution in [2.45, 2.75) is 13.0 Å². The molecular weight excluding hydrogens is 203 g/mol. The fraction of sp³-hybridized carbons (Fsp3) is 0.143. The molecule has 84 valence electrons. The highest BCUT2D eigenvalue weighted by Crippen LogP contribution is 2.16. The van der Waals surface area contributed by atoms with Gasteiger partial charge in [0.2, 0.25) is 0 Å². The molecule has 0 amide bonds. The first kappa shape index (κ1) is 12.2. The third-order valence-corrected chi connectivity index (χ3v) is 2.08. The number of hydrogen-bond acceptors (Lipinski definition) is 1. The van der Waals surface area contributed by atoms with E-state index < -0.39 is 5.83 Å². The number of para-hydroxylation sites is 1. The summed E-state index contributed by atoms with van der Waals surface area (Å²) in [4.78, 5) is 0. The van der Waals surface area contributed by atoms with Crippen LogP contribution >= 0.6 is 0 Å². The van der Waals surface area contributed by atoms with E-state index in [-0.39, 0.29) is 6.10 Å². The van der Waals surface area contributed by atoms with Gasteiger partial charge in [0.25, 0.3) is 0 Å². The lowest BCUT2D eigenvalue weighted by molar-refractivity contribution is 0.261. The number of hydrogen-bond donors (Lipinski definition) is 0. The predicted octanol–water partition coefficient (Wildman–Crippen LogP) is 4.05. The zero-order chi connectivity index (χ0) is 12.0. The van der Waals surface area contributed by atoms with E-state index in [1.807, 2.05) is 37.3 Å². The van der Waals surface area contributed by atoms with Gasteiger partial charge in [0, 0.05) is 0 Å². The molecule has 0 radical (unpaired) electrons. The second kappa shape index (κ2) is 5.91. The smallest absolute Gasteiger partial charge is 0.121 e. The van der Waals surface area contributed by atoms with Crippen LogP contribution < -0.4 is 4.74 Å². The van der Waals surface area contributed by atoms with Crippen molar-refractivity contribution in [3.05, 3.63) is 67.0 Å². The molecule has 1 rings (SSSR count). The fourth-order valence-electron chi connectivity index (χ4n) is 1.29. The van der Waals surface area contributed by atoms with Gasteiger partial charge < -0.3 is 4.74 Å². The molecule has 2 heteroatoms. The average molecular weight is 218 g/mol. The number of ether oxygens (including phenoxy) is 1. The minimum atomic E-state index is -0.501. The average Bonchev–Trinajstić information content (AvgIpc) is 2.26. The number of allylic oxidation sites excluding steroid dienone is 2. The Balaban J connectivity index is 2.74. The minimum absolute atomic E-state index is 0.257. The Morgan fingerprint density at radius 3 is 2.50 bits per heavy atom. The lowest BCUT2D eigenvalue weighted by Gasteiger charge is -2.15. The second-order valence-corrected chi connectivity index (χ2v) is 3.37. The standard InChI is InChI=1S/C14H15FO/c1-4-13(10-11(2)15)12(3)16-14-8-6-5-7-9-14/h4-10,12H,1-2H2,3H3. The molecule has 0 aliphatic heterocycles. The minimum Gasteiger partial charge on any atom is -0.486 e. The normalized spacial score (nSPS) is 13.0. The van der Waals surface area contributed by atoms with Crippen LogP contribution in [0.15, 0.2) is 67.0 Å². The third-order valence-electron chi connectivity index (χ3n) is 2.08. The van der Waals surface area contributed by atoms with E-state index in [0.29, 0.717) is 5.57 Å². The van der Waals surface area contributed by atoms with E-state index in [1.165, 1.54) is 6.08 Å². The summed E-state index contributed by atoms with van der Waals surface area (Å²) in [6.07, 6.45) is 2.63. The highest BCUT2D eigenvalue weighted by molar-refractivity contribution is 5.29. The Hall–Kier alpha value is -1.83. The summed E-state index contributed by atoms with van der Waals surface area (Å²) in [6.45, 7) is 8.64. The second-order valence-electron chi connectivity index (χ2n) is 3.37. The van der Waals surface area contributed by atoms with Crippen LogP contribution in [0, 0.1) is 0 Å². The molecule has 0 saturated carbocycles. The first-order chi connectivity index (χ1) is 7.63. The number of rotatable bonds is 5. The van der Waals surface area contributed by atoms with Crippen molar-refractivity contribution >= 4 is 0 Å². The van der Waals surface area contributed by atoms with E-state index in [1.54, 1.807) is 6.08 Å². The van der Waals surface area contributed by atoms with Gasteiger partial charge in [-0.1, -0.05) is 37.4 Å². The SMILES string of the molecule is C=CC(=CC(=C)F)C(C)Oc1ccccc1. The van der Waals surface area contributed by atoms with Crippen molar-refractivity contribution in [3.8, 4) is 5.75 Å². The molecule has 0 fully saturated rings. The number of halogens is 1. The molecule has 1 unspecified atom stereocenters. The van der Waals surface area contributed by atoms with Crippen LogP contribution in [0.1, 0.15) is 6.92 Å². The maximum absolute atomic E-state index is 12.7. The lowest BCUT2D eigenvalue weighted by Crippen LogP contribution is -2.13. The molecule has 0 aromatic heterocycles. The van der Waals surface area contributed by atoms with Gasteiger partial charge >= 0.3 is 0 Å². The predicted molar refractivity (Wildman–Crippen MR) is 65.1 cm³/mol. The van der Waals surface area contributed by atoms with Crippen LogP contribution in [0.5, 0.6) is 5.75 Å². The van der Waals surface area contributed by atoms with E-state index in [4.69, 9.17) is 4.74 Å². The highest BCUT2D eigenvalue weighted by Gasteiger charge is 2.07. The molecular formula is C14H15FO. The van der Waals surface area contributed by atoms with Crippen LogP contribution in [-0.2, 0) is 0 Å². The Bertz CT molecular complexity index is 392. The van der Waals surface area contributed by atoms with E-state index in [2.05, 4.69) is 13.2 Å². The Morgan fingerprint density at radius 2 is 2.00 bits per heavy atom. The largest absolute Gasteiger partial charge is 0.486 e. The summed E-state index contributed by atoms with van der Waals surface area (Å²) >= 11 is 0. The van der Waals surface area contributed by atoms with Gasteiger partial charge in [0.05, 0.1) is 0 Å². The topological polar surface area (TPSA) is 9.23 Å². The highest BCUT2D eigenvalue weighted by atomic mass is 19.1. The van der Waals surface area contributed by atoms with Crippen molar-refractivity contribution < 1.29 is 9.13 Å². The van der Waals surface area contributed by atoms with E-state index >= 15 is 0 Å². The summed E-state index contributed by atoms with van der Waals surface area (Å²) in [5.41, 5.74) is 0.663. The molecule has 0 heterocycles. The Morgan fingerprint density at radius 1 is 1.38 bits per heavy atom. The van der Waals surface area contributed by atoms with Crippen LogP contribution in [0.25, 0.3) is 0 Å². The van der Waals surface area contributed by atoms with Crippen LogP contribution in [0.3, 0.4) is 0 Å². The van der Waals surface area contributed by atoms with Gasteiger partial charge in [0.1, 0.15) is 17.7 Å². The first-order valence-corrected chi connectivity index (χ1v) is 5.03. The van der Waals surface area contributed by atoms with Crippen molar-refractivity contribution in [3.63, 3.8) is 0 Å². The molecule has 0 spiro atoms. The molecule has 1 aromatic carbocycles. The fourth-order valence-corrected chi connectivity index (χ4v) is 1.29. The van der Waals surface area contributed by atoms with Crippen molar-refractivity contribution in [1.82, 2.24) is 0 Å². The molecule has 0 aliphatic carbocycles. The zero-order valence-corrected chi connectivity index (χ0v) is 9.32. The molecule has 1 aromatic rings. The quantitative estimate of drug-likeness (QED) is 0.677. The Kier molecular flexibility index (Phi) is 4.52. The molecule has 0 N–H and O–H groups in total.